The van der Waals surface area contributed by atoms with Crippen molar-refractivity contribution in [3.63, 3.8) is 0 Å². The molecule has 0 saturated heterocycles. The normalized spacial score (nSPS) is 11.2. The van der Waals surface area contributed by atoms with Crippen LogP contribution in [0, 0.1) is 6.92 Å². The molecule has 0 spiro atoms. The van der Waals surface area contributed by atoms with Gasteiger partial charge >= 0.3 is 0 Å². The number of ether oxygens (including phenoxy) is 2. The topological polar surface area (TPSA) is 60.5 Å². The minimum atomic E-state index is -0.265. The number of hydrogen-bond donors (Lipinski definition) is 1. The number of amides is 1. The highest BCUT2D eigenvalue weighted by molar-refractivity contribution is 7.22. The quantitative estimate of drug-likeness (QED) is 0.274. The third kappa shape index (κ3) is 5.66. The van der Waals surface area contributed by atoms with Crippen molar-refractivity contribution in [1.82, 2.24) is 4.98 Å². The minimum absolute atomic E-state index is 0.203. The standard InChI is InChI=1S/C25H20Cl2N2O3S/c1-15-6-9-20-23(12-15)33-25(28-20)29-24(30)11-8-16-7-10-21(22(13-16)31-2)32-14-17-18(26)4-3-5-19(17)27/h3-13H,14H2,1-2H3,(H,28,29,30)/b11-8+. The molecule has 4 aromatic rings. The summed E-state index contributed by atoms with van der Waals surface area (Å²) in [7, 11) is 1.56. The molecular weight excluding hydrogens is 479 g/mol. The van der Waals surface area contributed by atoms with E-state index in [1.54, 1.807) is 43.5 Å². The van der Waals surface area contributed by atoms with Crippen molar-refractivity contribution in [3.8, 4) is 11.5 Å². The minimum Gasteiger partial charge on any atom is -0.493 e. The number of aryl methyl sites for hydroxylation is 1. The van der Waals surface area contributed by atoms with E-state index < -0.39 is 0 Å². The predicted octanol–water partition coefficient (Wildman–Crippen LogP) is 7.15. The largest absolute Gasteiger partial charge is 0.493 e. The van der Waals surface area contributed by atoms with Crippen LogP contribution in [0.15, 0.2) is 60.7 Å². The molecule has 5 nitrogen and oxygen atoms in total. The third-order valence-corrected chi connectivity index (χ3v) is 6.46. The van der Waals surface area contributed by atoms with Gasteiger partial charge in [0.2, 0.25) is 5.91 Å². The maximum Gasteiger partial charge on any atom is 0.250 e. The molecular formula is C25H20Cl2N2O3S. The summed E-state index contributed by atoms with van der Waals surface area (Å²) in [5.41, 5.74) is 3.50. The first kappa shape index (κ1) is 23.1. The lowest BCUT2D eigenvalue weighted by molar-refractivity contribution is -0.111. The molecule has 0 bridgehead atoms. The van der Waals surface area contributed by atoms with Gasteiger partial charge in [-0.15, -0.1) is 0 Å². The molecule has 33 heavy (non-hydrogen) atoms. The molecule has 0 atom stereocenters. The van der Waals surface area contributed by atoms with Crippen molar-refractivity contribution in [1.29, 1.82) is 0 Å². The summed E-state index contributed by atoms with van der Waals surface area (Å²) in [5.74, 6) is 0.806. The summed E-state index contributed by atoms with van der Waals surface area (Å²) in [6, 6.07) is 16.7. The number of halogens is 2. The number of fused-ring (bicyclic) bond motifs is 1. The van der Waals surface area contributed by atoms with Gasteiger partial charge in [0.25, 0.3) is 0 Å². The number of carbonyl (C=O) groups excluding carboxylic acids is 1. The number of thiazole rings is 1. The van der Waals surface area contributed by atoms with Crippen LogP contribution in [-0.2, 0) is 11.4 Å². The van der Waals surface area contributed by atoms with Crippen LogP contribution >= 0.6 is 34.5 Å². The molecule has 0 aliphatic heterocycles. The maximum atomic E-state index is 12.4. The molecule has 0 radical (unpaired) electrons. The Bertz CT molecular complexity index is 1330. The highest BCUT2D eigenvalue weighted by atomic mass is 35.5. The van der Waals surface area contributed by atoms with Crippen LogP contribution in [0.25, 0.3) is 16.3 Å². The van der Waals surface area contributed by atoms with Gasteiger partial charge in [-0.3, -0.25) is 10.1 Å². The second-order valence-electron chi connectivity index (χ2n) is 7.21. The zero-order chi connectivity index (χ0) is 23.4. The lowest BCUT2D eigenvalue weighted by atomic mass is 10.2. The number of benzene rings is 3. The van der Waals surface area contributed by atoms with Gasteiger partial charge in [0.1, 0.15) is 6.61 Å². The SMILES string of the molecule is COc1cc(/C=C/C(=O)Nc2nc3ccc(C)cc3s2)ccc1OCc1c(Cl)cccc1Cl. The molecule has 0 fully saturated rings. The van der Waals surface area contributed by atoms with E-state index in [1.165, 1.54) is 17.4 Å². The van der Waals surface area contributed by atoms with E-state index in [0.29, 0.717) is 32.2 Å². The van der Waals surface area contributed by atoms with Crippen LogP contribution in [-0.4, -0.2) is 18.0 Å². The second-order valence-corrected chi connectivity index (χ2v) is 9.06. The molecule has 0 aliphatic carbocycles. The van der Waals surface area contributed by atoms with Gasteiger partial charge in [0.05, 0.1) is 17.3 Å². The smallest absolute Gasteiger partial charge is 0.250 e. The molecule has 1 aromatic heterocycles. The number of hydrogen-bond acceptors (Lipinski definition) is 5. The van der Waals surface area contributed by atoms with Crippen LogP contribution in [0.4, 0.5) is 5.13 Å². The Balaban J connectivity index is 1.42. The molecule has 1 N–H and O–H groups in total. The highest BCUT2D eigenvalue weighted by Gasteiger charge is 2.10. The zero-order valence-corrected chi connectivity index (χ0v) is 20.2. The molecule has 1 heterocycles. The van der Waals surface area contributed by atoms with Crippen LogP contribution in [0.1, 0.15) is 16.7 Å². The van der Waals surface area contributed by atoms with E-state index in [4.69, 9.17) is 32.7 Å². The maximum absolute atomic E-state index is 12.4. The Labute approximate surface area is 205 Å². The molecule has 0 saturated carbocycles. The van der Waals surface area contributed by atoms with E-state index >= 15 is 0 Å². The van der Waals surface area contributed by atoms with Gasteiger partial charge in [-0.1, -0.05) is 52.7 Å². The van der Waals surface area contributed by atoms with Gasteiger partial charge in [0.15, 0.2) is 16.6 Å². The van der Waals surface area contributed by atoms with Gasteiger partial charge in [-0.2, -0.15) is 0 Å². The zero-order valence-electron chi connectivity index (χ0n) is 17.9. The second kappa shape index (κ2) is 10.3. The Morgan fingerprint density at radius 3 is 2.64 bits per heavy atom. The van der Waals surface area contributed by atoms with Gasteiger partial charge in [0, 0.05) is 21.7 Å². The van der Waals surface area contributed by atoms with Crippen molar-refractivity contribution in [2.75, 3.05) is 12.4 Å². The molecule has 168 valence electrons. The van der Waals surface area contributed by atoms with Crippen LogP contribution in [0.2, 0.25) is 10.0 Å². The average Bonchev–Trinajstić information content (AvgIpc) is 3.18. The summed E-state index contributed by atoms with van der Waals surface area (Å²) in [6.07, 6.45) is 3.15. The Morgan fingerprint density at radius 2 is 1.88 bits per heavy atom. The van der Waals surface area contributed by atoms with Crippen molar-refractivity contribution in [2.45, 2.75) is 13.5 Å². The Morgan fingerprint density at radius 1 is 1.09 bits per heavy atom. The predicted molar refractivity (Wildman–Crippen MR) is 136 cm³/mol. The number of nitrogens with one attached hydrogen (secondary N) is 1. The fraction of sp³-hybridized carbons (Fsp3) is 0.120. The van der Waals surface area contributed by atoms with E-state index in [0.717, 1.165) is 21.3 Å². The fourth-order valence-corrected chi connectivity index (χ4v) is 4.61. The number of nitrogens with zero attached hydrogens (tertiary/aromatic N) is 1. The summed E-state index contributed by atoms with van der Waals surface area (Å²) in [5, 5.41) is 4.45. The first-order valence-electron chi connectivity index (χ1n) is 10.0. The number of carbonyl (C=O) groups is 1. The number of rotatable bonds is 7. The summed E-state index contributed by atoms with van der Waals surface area (Å²) < 4.78 is 12.4. The number of anilines is 1. The monoisotopic (exact) mass is 498 g/mol. The molecule has 8 heteroatoms. The van der Waals surface area contributed by atoms with E-state index in [-0.39, 0.29) is 12.5 Å². The first-order valence-corrected chi connectivity index (χ1v) is 11.6. The van der Waals surface area contributed by atoms with Crippen LogP contribution < -0.4 is 14.8 Å². The lowest BCUT2D eigenvalue weighted by Crippen LogP contribution is -2.07. The lowest BCUT2D eigenvalue weighted by Gasteiger charge is -2.13. The van der Waals surface area contributed by atoms with E-state index in [9.17, 15) is 4.79 Å². The number of aromatic nitrogens is 1. The number of methoxy groups -OCH3 is 1. The average molecular weight is 499 g/mol. The van der Waals surface area contributed by atoms with Crippen molar-refractivity contribution in [3.05, 3.63) is 87.4 Å². The van der Waals surface area contributed by atoms with Crippen LogP contribution in [0.5, 0.6) is 11.5 Å². The highest BCUT2D eigenvalue weighted by Crippen LogP contribution is 2.32. The van der Waals surface area contributed by atoms with Crippen LogP contribution in [0.3, 0.4) is 0 Å². The van der Waals surface area contributed by atoms with Gasteiger partial charge < -0.3 is 9.47 Å². The molecule has 0 unspecified atom stereocenters. The van der Waals surface area contributed by atoms with Crippen molar-refractivity contribution in [2.24, 2.45) is 0 Å². The first-order chi connectivity index (χ1) is 15.9. The molecule has 3 aromatic carbocycles. The van der Waals surface area contributed by atoms with E-state index in [1.807, 2.05) is 31.2 Å². The van der Waals surface area contributed by atoms with Gasteiger partial charge in [-0.25, -0.2) is 4.98 Å². The van der Waals surface area contributed by atoms with Crippen molar-refractivity contribution < 1.29 is 14.3 Å². The van der Waals surface area contributed by atoms with Crippen molar-refractivity contribution >= 4 is 61.9 Å². The molecule has 1 amide bonds. The summed E-state index contributed by atoms with van der Waals surface area (Å²) >= 11 is 13.9. The summed E-state index contributed by atoms with van der Waals surface area (Å²) in [4.78, 5) is 16.8. The Kier molecular flexibility index (Phi) is 7.18. The fourth-order valence-electron chi connectivity index (χ4n) is 3.13. The summed E-state index contributed by atoms with van der Waals surface area (Å²) in [6.45, 7) is 2.23. The molecule has 0 aliphatic rings. The Hall–Kier alpha value is -3.06. The molecule has 4 rings (SSSR count). The third-order valence-electron chi connectivity index (χ3n) is 4.82. The van der Waals surface area contributed by atoms with E-state index in [2.05, 4.69) is 10.3 Å². The van der Waals surface area contributed by atoms with Gasteiger partial charge in [-0.05, 0) is 60.5 Å².